The molecule has 0 aliphatic rings. The zero-order chi connectivity index (χ0) is 14.5. The highest BCUT2D eigenvalue weighted by molar-refractivity contribution is 6.33. The summed E-state index contributed by atoms with van der Waals surface area (Å²) in [7, 11) is 0. The number of nitrogens with zero attached hydrogens (tertiary/aromatic N) is 1. The summed E-state index contributed by atoms with van der Waals surface area (Å²) in [5.74, 6) is -0.0265. The molecular weight excluding hydrogens is 276 g/mol. The summed E-state index contributed by atoms with van der Waals surface area (Å²) in [6.07, 6.45) is 2.10. The van der Waals surface area contributed by atoms with Crippen LogP contribution in [0.25, 0.3) is 0 Å². The number of halogens is 1. The van der Waals surface area contributed by atoms with Gasteiger partial charge in [0, 0.05) is 17.8 Å². The van der Waals surface area contributed by atoms with Crippen molar-refractivity contribution in [3.63, 3.8) is 0 Å². The van der Waals surface area contributed by atoms with Gasteiger partial charge in [0.15, 0.2) is 0 Å². The average Bonchev–Trinajstić information content (AvgIpc) is 2.84. The molecule has 5 nitrogen and oxygen atoms in total. The van der Waals surface area contributed by atoms with Crippen LogP contribution in [0.4, 0.5) is 11.4 Å². The van der Waals surface area contributed by atoms with E-state index in [4.69, 9.17) is 11.6 Å². The second-order valence-corrected chi connectivity index (χ2v) is 4.83. The van der Waals surface area contributed by atoms with Crippen LogP contribution in [-0.4, -0.2) is 15.9 Å². The second-order valence-electron chi connectivity index (χ2n) is 4.42. The molecule has 1 aromatic heterocycles. The summed E-state index contributed by atoms with van der Waals surface area (Å²) in [5, 5.41) is 6.63. The van der Waals surface area contributed by atoms with Gasteiger partial charge in [0.1, 0.15) is 0 Å². The fourth-order valence-electron chi connectivity index (χ4n) is 1.73. The highest BCUT2D eigenvalue weighted by Gasteiger charge is 2.06. The second kappa shape index (κ2) is 6.43. The minimum atomic E-state index is -0.0265. The van der Waals surface area contributed by atoms with E-state index >= 15 is 0 Å². The quantitative estimate of drug-likeness (QED) is 0.791. The fourth-order valence-corrected chi connectivity index (χ4v) is 1.92. The van der Waals surface area contributed by atoms with E-state index in [0.717, 1.165) is 22.8 Å². The summed E-state index contributed by atoms with van der Waals surface area (Å²) < 4.78 is 0. The van der Waals surface area contributed by atoms with Crippen LogP contribution in [0.1, 0.15) is 24.7 Å². The Kier molecular flexibility index (Phi) is 4.63. The molecule has 0 aliphatic carbocycles. The molecule has 1 aromatic carbocycles. The van der Waals surface area contributed by atoms with Crippen molar-refractivity contribution in [1.82, 2.24) is 9.97 Å². The molecule has 0 spiro atoms. The summed E-state index contributed by atoms with van der Waals surface area (Å²) in [6.45, 7) is 4.34. The molecule has 6 heteroatoms. The predicted molar refractivity (Wildman–Crippen MR) is 81.0 cm³/mol. The Balaban J connectivity index is 2.08. The first-order valence-corrected chi connectivity index (χ1v) is 6.80. The molecule has 0 aliphatic heterocycles. The topological polar surface area (TPSA) is 69.8 Å². The number of carbonyl (C=O) groups is 1. The molecule has 20 heavy (non-hydrogen) atoms. The van der Waals surface area contributed by atoms with Crippen molar-refractivity contribution in [3.05, 3.63) is 40.9 Å². The molecule has 0 saturated heterocycles. The van der Waals surface area contributed by atoms with Crippen LogP contribution in [0, 0.1) is 6.92 Å². The normalized spacial score (nSPS) is 10.3. The number of hydrogen-bond acceptors (Lipinski definition) is 3. The van der Waals surface area contributed by atoms with Gasteiger partial charge in [-0.25, -0.2) is 4.98 Å². The first kappa shape index (κ1) is 14.4. The maximum atomic E-state index is 11.4. The van der Waals surface area contributed by atoms with E-state index < -0.39 is 0 Å². The van der Waals surface area contributed by atoms with Gasteiger partial charge in [-0.1, -0.05) is 18.5 Å². The molecule has 1 amide bonds. The van der Waals surface area contributed by atoms with Gasteiger partial charge < -0.3 is 15.6 Å². The lowest BCUT2D eigenvalue weighted by Gasteiger charge is -2.10. The van der Waals surface area contributed by atoms with Crippen LogP contribution in [0.5, 0.6) is 0 Å². The smallest absolute Gasteiger partial charge is 0.224 e. The third-order valence-corrected chi connectivity index (χ3v) is 3.28. The van der Waals surface area contributed by atoms with Crippen molar-refractivity contribution in [2.45, 2.75) is 26.8 Å². The minimum absolute atomic E-state index is 0.0265. The predicted octanol–water partition coefficient (Wildman–Crippen LogP) is 3.33. The summed E-state index contributed by atoms with van der Waals surface area (Å²) in [4.78, 5) is 18.6. The van der Waals surface area contributed by atoms with E-state index in [2.05, 4.69) is 20.6 Å². The maximum Gasteiger partial charge on any atom is 0.224 e. The molecular formula is C14H17ClN4O. The van der Waals surface area contributed by atoms with Crippen molar-refractivity contribution in [2.75, 3.05) is 10.6 Å². The highest BCUT2D eigenvalue weighted by atomic mass is 35.5. The van der Waals surface area contributed by atoms with Crippen LogP contribution >= 0.6 is 11.6 Å². The lowest BCUT2D eigenvalue weighted by molar-refractivity contribution is -0.115. The van der Waals surface area contributed by atoms with E-state index in [9.17, 15) is 4.79 Å². The Morgan fingerprint density at radius 1 is 1.45 bits per heavy atom. The van der Waals surface area contributed by atoms with Crippen LogP contribution in [-0.2, 0) is 11.3 Å². The van der Waals surface area contributed by atoms with Crippen LogP contribution < -0.4 is 10.6 Å². The molecule has 0 atom stereocenters. The highest BCUT2D eigenvalue weighted by Crippen LogP contribution is 2.26. The van der Waals surface area contributed by atoms with E-state index in [1.807, 2.05) is 19.9 Å². The molecule has 3 N–H and O–H groups in total. The number of amides is 1. The molecule has 0 unspecified atom stereocenters. The van der Waals surface area contributed by atoms with Crippen LogP contribution in [0.2, 0.25) is 5.02 Å². The molecule has 0 bridgehead atoms. The SMILES string of the molecule is CCC(=O)Nc1ccc(Cl)c(NCc2nc[nH]c2C)c1. The third-order valence-electron chi connectivity index (χ3n) is 2.95. The zero-order valence-corrected chi connectivity index (χ0v) is 12.2. The number of nitrogens with one attached hydrogen (secondary N) is 3. The molecule has 0 saturated carbocycles. The Morgan fingerprint density at radius 2 is 2.25 bits per heavy atom. The number of hydrogen-bond donors (Lipinski definition) is 3. The van der Waals surface area contributed by atoms with Crippen LogP contribution in [0.15, 0.2) is 24.5 Å². The Hall–Kier alpha value is -2.01. The van der Waals surface area contributed by atoms with E-state index in [1.54, 1.807) is 18.5 Å². The summed E-state index contributed by atoms with van der Waals surface area (Å²) in [5.41, 5.74) is 3.44. The largest absolute Gasteiger partial charge is 0.378 e. The number of aryl methyl sites for hydroxylation is 1. The first-order valence-electron chi connectivity index (χ1n) is 6.42. The summed E-state index contributed by atoms with van der Waals surface area (Å²) in [6, 6.07) is 5.35. The lowest BCUT2D eigenvalue weighted by Crippen LogP contribution is -2.10. The number of rotatable bonds is 5. The van der Waals surface area contributed by atoms with Gasteiger partial charge in [0.05, 0.1) is 29.3 Å². The Morgan fingerprint density at radius 3 is 2.90 bits per heavy atom. The van der Waals surface area contributed by atoms with Crippen molar-refractivity contribution in [2.24, 2.45) is 0 Å². The molecule has 106 valence electrons. The van der Waals surface area contributed by atoms with E-state index in [-0.39, 0.29) is 5.91 Å². The fraction of sp³-hybridized carbons (Fsp3) is 0.286. The molecule has 0 fully saturated rings. The monoisotopic (exact) mass is 292 g/mol. The van der Waals surface area contributed by atoms with Gasteiger partial charge in [0.25, 0.3) is 0 Å². The first-order chi connectivity index (χ1) is 9.60. The number of imidazole rings is 1. The van der Waals surface area contributed by atoms with E-state index in [0.29, 0.717) is 18.0 Å². The number of anilines is 2. The average molecular weight is 293 g/mol. The van der Waals surface area contributed by atoms with Gasteiger partial charge in [-0.15, -0.1) is 0 Å². The van der Waals surface area contributed by atoms with E-state index in [1.165, 1.54) is 0 Å². The van der Waals surface area contributed by atoms with Gasteiger partial charge in [0.2, 0.25) is 5.91 Å². The van der Waals surface area contributed by atoms with Crippen molar-refractivity contribution < 1.29 is 4.79 Å². The molecule has 0 radical (unpaired) electrons. The van der Waals surface area contributed by atoms with Crippen molar-refractivity contribution in [1.29, 1.82) is 0 Å². The van der Waals surface area contributed by atoms with Gasteiger partial charge >= 0.3 is 0 Å². The Bertz CT molecular complexity index is 609. The number of carbonyl (C=O) groups excluding carboxylic acids is 1. The third kappa shape index (κ3) is 3.51. The molecule has 2 rings (SSSR count). The number of aromatic amines is 1. The van der Waals surface area contributed by atoms with Crippen molar-refractivity contribution >= 4 is 28.9 Å². The number of H-pyrrole nitrogens is 1. The van der Waals surface area contributed by atoms with Crippen LogP contribution in [0.3, 0.4) is 0 Å². The van der Waals surface area contributed by atoms with Gasteiger partial charge in [-0.05, 0) is 25.1 Å². The number of aromatic nitrogens is 2. The minimum Gasteiger partial charge on any atom is -0.378 e. The van der Waals surface area contributed by atoms with Crippen molar-refractivity contribution in [3.8, 4) is 0 Å². The lowest BCUT2D eigenvalue weighted by atomic mass is 10.2. The zero-order valence-electron chi connectivity index (χ0n) is 11.5. The number of benzene rings is 1. The van der Waals surface area contributed by atoms with Gasteiger partial charge in [-0.2, -0.15) is 0 Å². The standard InChI is InChI=1S/C14H17ClN4O/c1-3-14(20)19-10-4-5-11(15)12(6-10)16-7-13-9(2)17-8-18-13/h4-6,8,16H,3,7H2,1-2H3,(H,17,18)(H,19,20). The molecule has 2 aromatic rings. The summed E-state index contributed by atoms with van der Waals surface area (Å²) >= 11 is 6.14. The Labute approximate surface area is 122 Å². The maximum absolute atomic E-state index is 11.4. The molecule has 1 heterocycles. The van der Waals surface area contributed by atoms with Gasteiger partial charge in [-0.3, -0.25) is 4.79 Å².